The average molecular weight is 210 g/mol. The van der Waals surface area contributed by atoms with Crippen molar-refractivity contribution in [2.75, 3.05) is 12.3 Å². The number of nitrogens with one attached hydrogen (secondary N) is 1. The first kappa shape index (κ1) is 11.9. The standard InChI is InChI=1S/C10H18N4O/c1-3-15-7(2)9(14-12)8-5-4-6-13-10(8)11/h4-7,9,14H,3,12H2,1-2H3,(H2,11,13). The van der Waals surface area contributed by atoms with E-state index < -0.39 is 0 Å². The highest BCUT2D eigenvalue weighted by Crippen LogP contribution is 2.22. The number of nitrogen functional groups attached to an aromatic ring is 1. The maximum absolute atomic E-state index is 5.77. The van der Waals surface area contributed by atoms with Crippen molar-refractivity contribution in [3.63, 3.8) is 0 Å². The van der Waals surface area contributed by atoms with Gasteiger partial charge in [0.15, 0.2) is 0 Å². The Bertz CT molecular complexity index is 305. The molecule has 5 heteroatoms. The van der Waals surface area contributed by atoms with Crippen LogP contribution in [0.3, 0.4) is 0 Å². The topological polar surface area (TPSA) is 86.2 Å². The van der Waals surface area contributed by atoms with Gasteiger partial charge < -0.3 is 10.5 Å². The molecule has 5 N–H and O–H groups in total. The zero-order valence-electron chi connectivity index (χ0n) is 9.10. The van der Waals surface area contributed by atoms with Crippen molar-refractivity contribution in [2.45, 2.75) is 26.0 Å². The van der Waals surface area contributed by atoms with E-state index in [0.717, 1.165) is 5.56 Å². The summed E-state index contributed by atoms with van der Waals surface area (Å²) in [7, 11) is 0. The van der Waals surface area contributed by atoms with Gasteiger partial charge in [0.2, 0.25) is 0 Å². The van der Waals surface area contributed by atoms with Crippen molar-refractivity contribution in [2.24, 2.45) is 5.84 Å². The molecule has 0 spiro atoms. The minimum atomic E-state index is -0.140. The second-order valence-electron chi connectivity index (χ2n) is 3.28. The molecule has 0 aliphatic carbocycles. The summed E-state index contributed by atoms with van der Waals surface area (Å²) in [5, 5.41) is 0. The molecule has 0 bridgehead atoms. The third kappa shape index (κ3) is 2.89. The van der Waals surface area contributed by atoms with Crippen molar-refractivity contribution in [1.29, 1.82) is 0 Å². The van der Waals surface area contributed by atoms with Crippen LogP contribution in [0.1, 0.15) is 25.5 Å². The molecule has 0 aromatic carbocycles. The molecule has 0 aliphatic rings. The molecular formula is C10H18N4O. The van der Waals surface area contributed by atoms with Gasteiger partial charge in [0.1, 0.15) is 5.82 Å². The lowest BCUT2D eigenvalue weighted by molar-refractivity contribution is 0.0473. The third-order valence-electron chi connectivity index (χ3n) is 2.28. The van der Waals surface area contributed by atoms with E-state index in [1.165, 1.54) is 0 Å². The zero-order chi connectivity index (χ0) is 11.3. The van der Waals surface area contributed by atoms with Gasteiger partial charge in [-0.05, 0) is 19.9 Å². The van der Waals surface area contributed by atoms with E-state index in [4.69, 9.17) is 16.3 Å². The number of rotatable bonds is 5. The maximum Gasteiger partial charge on any atom is 0.128 e. The van der Waals surface area contributed by atoms with E-state index in [2.05, 4.69) is 10.4 Å². The SMILES string of the molecule is CCOC(C)C(NN)c1cccnc1N. The Morgan fingerprint density at radius 1 is 1.60 bits per heavy atom. The van der Waals surface area contributed by atoms with Crippen LogP contribution in [-0.2, 0) is 4.74 Å². The summed E-state index contributed by atoms with van der Waals surface area (Å²) >= 11 is 0. The number of ether oxygens (including phenoxy) is 1. The fourth-order valence-corrected chi connectivity index (χ4v) is 1.53. The quantitative estimate of drug-likeness (QED) is 0.489. The second kappa shape index (κ2) is 5.65. The van der Waals surface area contributed by atoms with Crippen molar-refractivity contribution in [3.05, 3.63) is 23.9 Å². The summed E-state index contributed by atoms with van der Waals surface area (Å²) in [6.07, 6.45) is 1.60. The van der Waals surface area contributed by atoms with Gasteiger partial charge in [0.25, 0.3) is 0 Å². The van der Waals surface area contributed by atoms with Gasteiger partial charge in [-0.15, -0.1) is 0 Å². The van der Waals surface area contributed by atoms with Crippen LogP contribution in [0, 0.1) is 0 Å². The van der Waals surface area contributed by atoms with Crippen LogP contribution in [0.4, 0.5) is 5.82 Å². The molecular weight excluding hydrogens is 192 g/mol. The average Bonchev–Trinajstić information content (AvgIpc) is 2.22. The number of hydrogen-bond donors (Lipinski definition) is 3. The van der Waals surface area contributed by atoms with Crippen LogP contribution in [-0.4, -0.2) is 17.7 Å². The molecule has 15 heavy (non-hydrogen) atoms. The van der Waals surface area contributed by atoms with E-state index in [9.17, 15) is 0 Å². The first-order valence-electron chi connectivity index (χ1n) is 4.98. The Kier molecular flexibility index (Phi) is 4.48. The van der Waals surface area contributed by atoms with E-state index >= 15 is 0 Å². The number of nitrogens with zero attached hydrogens (tertiary/aromatic N) is 1. The molecule has 1 heterocycles. The smallest absolute Gasteiger partial charge is 0.128 e. The highest BCUT2D eigenvalue weighted by atomic mass is 16.5. The molecule has 0 radical (unpaired) electrons. The largest absolute Gasteiger partial charge is 0.383 e. The Labute approximate surface area is 89.8 Å². The van der Waals surface area contributed by atoms with Crippen LogP contribution in [0.15, 0.2) is 18.3 Å². The molecule has 1 aromatic rings. The summed E-state index contributed by atoms with van der Waals surface area (Å²) in [4.78, 5) is 4.02. The molecule has 0 amide bonds. The Hall–Kier alpha value is -1.17. The van der Waals surface area contributed by atoms with Crippen LogP contribution >= 0.6 is 0 Å². The summed E-state index contributed by atoms with van der Waals surface area (Å²) in [6.45, 7) is 4.52. The number of nitrogens with two attached hydrogens (primary N) is 2. The van der Waals surface area contributed by atoms with Gasteiger partial charge in [-0.25, -0.2) is 4.98 Å². The van der Waals surface area contributed by atoms with Gasteiger partial charge in [-0.1, -0.05) is 6.07 Å². The Balaban J connectivity index is 2.87. The number of hydrogen-bond acceptors (Lipinski definition) is 5. The highest BCUT2D eigenvalue weighted by molar-refractivity contribution is 5.41. The normalized spacial score (nSPS) is 14.9. The van der Waals surface area contributed by atoms with Gasteiger partial charge in [-0.2, -0.15) is 0 Å². The van der Waals surface area contributed by atoms with Gasteiger partial charge in [0, 0.05) is 18.4 Å². The predicted octanol–water partition coefficient (Wildman–Crippen LogP) is 0.593. The number of anilines is 1. The van der Waals surface area contributed by atoms with Crippen LogP contribution in [0.5, 0.6) is 0 Å². The fourth-order valence-electron chi connectivity index (χ4n) is 1.53. The van der Waals surface area contributed by atoms with E-state index in [1.807, 2.05) is 26.0 Å². The summed E-state index contributed by atoms with van der Waals surface area (Å²) in [5.41, 5.74) is 9.33. The maximum atomic E-state index is 5.77. The second-order valence-corrected chi connectivity index (χ2v) is 3.28. The molecule has 1 rings (SSSR count). The van der Waals surface area contributed by atoms with Crippen molar-refractivity contribution in [1.82, 2.24) is 10.4 Å². The molecule has 2 atom stereocenters. The lowest BCUT2D eigenvalue weighted by Crippen LogP contribution is -2.37. The minimum Gasteiger partial charge on any atom is -0.383 e. The summed E-state index contributed by atoms with van der Waals surface area (Å²) in [6, 6.07) is 3.58. The van der Waals surface area contributed by atoms with Gasteiger partial charge >= 0.3 is 0 Å². The van der Waals surface area contributed by atoms with Crippen LogP contribution < -0.4 is 17.0 Å². The minimum absolute atomic E-state index is 0.0495. The Morgan fingerprint density at radius 2 is 2.33 bits per heavy atom. The van der Waals surface area contributed by atoms with E-state index in [0.29, 0.717) is 12.4 Å². The molecule has 5 nitrogen and oxygen atoms in total. The lowest BCUT2D eigenvalue weighted by Gasteiger charge is -2.24. The Morgan fingerprint density at radius 3 is 2.87 bits per heavy atom. The third-order valence-corrected chi connectivity index (χ3v) is 2.28. The fraction of sp³-hybridized carbons (Fsp3) is 0.500. The molecule has 0 saturated heterocycles. The highest BCUT2D eigenvalue weighted by Gasteiger charge is 2.20. The molecule has 2 unspecified atom stereocenters. The summed E-state index contributed by atoms with van der Waals surface area (Å²) < 4.78 is 5.48. The monoisotopic (exact) mass is 210 g/mol. The van der Waals surface area contributed by atoms with Crippen LogP contribution in [0.2, 0.25) is 0 Å². The van der Waals surface area contributed by atoms with Gasteiger partial charge in [0.05, 0.1) is 12.1 Å². The molecule has 0 fully saturated rings. The van der Waals surface area contributed by atoms with Crippen LogP contribution in [0.25, 0.3) is 0 Å². The van der Waals surface area contributed by atoms with Crippen molar-refractivity contribution in [3.8, 4) is 0 Å². The first-order valence-corrected chi connectivity index (χ1v) is 4.98. The van der Waals surface area contributed by atoms with E-state index in [1.54, 1.807) is 6.20 Å². The zero-order valence-corrected chi connectivity index (χ0v) is 9.10. The lowest BCUT2D eigenvalue weighted by atomic mass is 10.0. The van der Waals surface area contributed by atoms with Crippen molar-refractivity contribution < 1.29 is 4.74 Å². The molecule has 84 valence electrons. The number of pyridine rings is 1. The molecule has 1 aromatic heterocycles. The first-order chi connectivity index (χ1) is 7.20. The predicted molar refractivity (Wildman–Crippen MR) is 59.8 cm³/mol. The molecule has 0 aliphatic heterocycles. The summed E-state index contributed by atoms with van der Waals surface area (Å²) in [5.74, 6) is 5.97. The van der Waals surface area contributed by atoms with E-state index in [-0.39, 0.29) is 12.1 Å². The number of hydrazine groups is 1. The van der Waals surface area contributed by atoms with Crippen molar-refractivity contribution >= 4 is 5.82 Å². The van der Waals surface area contributed by atoms with Gasteiger partial charge in [-0.3, -0.25) is 11.3 Å². The molecule has 0 saturated carbocycles. The number of aromatic nitrogens is 1.